The van der Waals surface area contributed by atoms with E-state index in [0.29, 0.717) is 26.1 Å². The molecule has 2 N–H and O–H groups in total. The van der Waals surface area contributed by atoms with Crippen LogP contribution >= 0.6 is 0 Å². The second-order valence-electron chi connectivity index (χ2n) is 3.29. The van der Waals surface area contributed by atoms with Gasteiger partial charge in [0.1, 0.15) is 0 Å². The molecule has 0 aromatic rings. The van der Waals surface area contributed by atoms with Crippen molar-refractivity contribution in [3.8, 4) is 6.07 Å². The van der Waals surface area contributed by atoms with Crippen LogP contribution in [0, 0.1) is 11.3 Å². The molecule has 1 fully saturated rings. The summed E-state index contributed by atoms with van der Waals surface area (Å²) in [6.45, 7) is 3.15. The van der Waals surface area contributed by atoms with Gasteiger partial charge in [-0.3, -0.25) is 4.79 Å². The monoisotopic (exact) mass is 197 g/mol. The van der Waals surface area contributed by atoms with Gasteiger partial charge in [0.2, 0.25) is 5.91 Å². The Bertz CT molecular complexity index is 249. The zero-order chi connectivity index (χ0) is 10.6. The summed E-state index contributed by atoms with van der Waals surface area (Å²) >= 11 is 0. The second-order valence-corrected chi connectivity index (χ2v) is 3.29. The van der Waals surface area contributed by atoms with E-state index in [0.717, 1.165) is 0 Å². The highest BCUT2D eigenvalue weighted by Crippen LogP contribution is 2.06. The Labute approximate surface area is 83.4 Å². The molecule has 1 rings (SSSR count). The van der Waals surface area contributed by atoms with Gasteiger partial charge in [0.25, 0.3) is 0 Å². The summed E-state index contributed by atoms with van der Waals surface area (Å²) in [5.41, 5.74) is 5.62. The highest BCUT2D eigenvalue weighted by molar-refractivity contribution is 5.81. The number of hydrogen-bond donors (Lipinski definition) is 1. The Morgan fingerprint density at radius 1 is 1.86 bits per heavy atom. The highest BCUT2D eigenvalue weighted by atomic mass is 16.5. The molecular formula is C9H15N3O2. The molecule has 5 nitrogen and oxygen atoms in total. The van der Waals surface area contributed by atoms with Crippen molar-refractivity contribution in [2.75, 3.05) is 19.7 Å². The quantitative estimate of drug-likeness (QED) is 0.645. The minimum atomic E-state index is -0.503. The number of nitrogens with zero attached hydrogens (tertiary/aromatic N) is 2. The molecule has 0 bridgehead atoms. The minimum absolute atomic E-state index is 0.0870. The van der Waals surface area contributed by atoms with Gasteiger partial charge in [0.15, 0.2) is 6.10 Å². The first-order chi connectivity index (χ1) is 6.69. The molecule has 0 saturated carbocycles. The van der Waals surface area contributed by atoms with Crippen molar-refractivity contribution in [2.45, 2.75) is 25.5 Å². The smallest absolute Gasteiger partial charge is 0.239 e. The molecule has 1 saturated heterocycles. The van der Waals surface area contributed by atoms with Crippen molar-refractivity contribution < 1.29 is 9.53 Å². The average Bonchev–Trinajstić information content (AvgIpc) is 2.27. The van der Waals surface area contributed by atoms with Crippen LogP contribution < -0.4 is 5.73 Å². The zero-order valence-corrected chi connectivity index (χ0v) is 8.27. The van der Waals surface area contributed by atoms with Crippen LogP contribution in [0.3, 0.4) is 0 Å². The third kappa shape index (κ3) is 2.44. The Hall–Kier alpha value is -1.12. The van der Waals surface area contributed by atoms with Crippen molar-refractivity contribution in [2.24, 2.45) is 5.73 Å². The second kappa shape index (κ2) is 4.94. The van der Waals surface area contributed by atoms with Gasteiger partial charge < -0.3 is 15.4 Å². The number of rotatable bonds is 2. The SMILES string of the molecule is CCC(N)C(=O)N1CCOC(C#N)C1. The molecule has 14 heavy (non-hydrogen) atoms. The molecule has 5 heteroatoms. The maximum absolute atomic E-state index is 11.6. The van der Waals surface area contributed by atoms with E-state index in [-0.39, 0.29) is 5.91 Å². The van der Waals surface area contributed by atoms with Gasteiger partial charge in [-0.1, -0.05) is 6.92 Å². The number of carbonyl (C=O) groups is 1. The van der Waals surface area contributed by atoms with E-state index in [4.69, 9.17) is 15.7 Å². The van der Waals surface area contributed by atoms with Gasteiger partial charge in [-0.2, -0.15) is 5.26 Å². The molecule has 0 aromatic heterocycles. The Morgan fingerprint density at radius 3 is 3.14 bits per heavy atom. The van der Waals surface area contributed by atoms with E-state index in [2.05, 4.69) is 0 Å². The normalized spacial score (nSPS) is 24.1. The van der Waals surface area contributed by atoms with Crippen LogP contribution in [-0.2, 0) is 9.53 Å². The molecule has 1 aliphatic heterocycles. The van der Waals surface area contributed by atoms with Crippen LogP contribution in [0.25, 0.3) is 0 Å². The lowest BCUT2D eigenvalue weighted by Gasteiger charge is -2.31. The summed E-state index contributed by atoms with van der Waals surface area (Å²) < 4.78 is 5.13. The lowest BCUT2D eigenvalue weighted by atomic mass is 10.2. The first-order valence-electron chi connectivity index (χ1n) is 4.74. The maximum atomic E-state index is 11.6. The summed E-state index contributed by atoms with van der Waals surface area (Å²) in [6, 6.07) is 1.54. The molecule has 78 valence electrons. The molecule has 0 aromatic carbocycles. The molecule has 1 aliphatic rings. The van der Waals surface area contributed by atoms with Crippen LogP contribution in [0.2, 0.25) is 0 Å². The number of nitriles is 1. The standard InChI is InChI=1S/C9H15N3O2/c1-2-8(11)9(13)12-3-4-14-7(5-10)6-12/h7-8H,2-4,6,11H2,1H3. The van der Waals surface area contributed by atoms with Gasteiger partial charge in [0, 0.05) is 6.54 Å². The molecule has 0 aliphatic carbocycles. The number of ether oxygens (including phenoxy) is 1. The van der Waals surface area contributed by atoms with Crippen LogP contribution in [-0.4, -0.2) is 42.6 Å². The molecule has 1 amide bonds. The number of carbonyl (C=O) groups excluding carboxylic acids is 1. The van der Waals surface area contributed by atoms with Crippen molar-refractivity contribution in [3.63, 3.8) is 0 Å². The van der Waals surface area contributed by atoms with Crippen LogP contribution in [0.5, 0.6) is 0 Å². The summed E-state index contributed by atoms with van der Waals surface area (Å²) in [5.74, 6) is -0.0870. The van der Waals surface area contributed by atoms with Gasteiger partial charge >= 0.3 is 0 Å². The molecule has 2 unspecified atom stereocenters. The average molecular weight is 197 g/mol. The van der Waals surface area contributed by atoms with E-state index in [1.807, 2.05) is 13.0 Å². The van der Waals surface area contributed by atoms with E-state index < -0.39 is 12.1 Å². The van der Waals surface area contributed by atoms with E-state index in [1.165, 1.54) is 0 Å². The number of amides is 1. The Kier molecular flexibility index (Phi) is 3.86. The number of hydrogen-bond acceptors (Lipinski definition) is 4. The van der Waals surface area contributed by atoms with Crippen molar-refractivity contribution in [1.29, 1.82) is 5.26 Å². The van der Waals surface area contributed by atoms with E-state index >= 15 is 0 Å². The Balaban J connectivity index is 2.52. The van der Waals surface area contributed by atoms with Gasteiger partial charge in [-0.25, -0.2) is 0 Å². The Morgan fingerprint density at radius 2 is 2.57 bits per heavy atom. The van der Waals surface area contributed by atoms with Crippen LogP contribution in [0.1, 0.15) is 13.3 Å². The third-order valence-electron chi connectivity index (χ3n) is 2.28. The minimum Gasteiger partial charge on any atom is -0.360 e. The molecule has 0 radical (unpaired) electrons. The fraction of sp³-hybridized carbons (Fsp3) is 0.778. The predicted octanol–water partition coefficient (Wildman–Crippen LogP) is -0.525. The van der Waals surface area contributed by atoms with Crippen molar-refractivity contribution in [3.05, 3.63) is 0 Å². The molecule has 1 heterocycles. The zero-order valence-electron chi connectivity index (χ0n) is 8.27. The highest BCUT2D eigenvalue weighted by Gasteiger charge is 2.26. The summed E-state index contributed by atoms with van der Waals surface area (Å²) in [6.07, 6.45) is 0.115. The van der Waals surface area contributed by atoms with E-state index in [1.54, 1.807) is 4.90 Å². The molecule has 0 spiro atoms. The largest absolute Gasteiger partial charge is 0.360 e. The summed E-state index contributed by atoms with van der Waals surface area (Å²) in [7, 11) is 0. The lowest BCUT2D eigenvalue weighted by Crippen LogP contribution is -2.50. The molecule has 2 atom stereocenters. The van der Waals surface area contributed by atoms with Gasteiger partial charge in [-0.15, -0.1) is 0 Å². The third-order valence-corrected chi connectivity index (χ3v) is 2.28. The number of nitrogens with two attached hydrogens (primary N) is 1. The predicted molar refractivity (Wildman–Crippen MR) is 50.2 cm³/mol. The van der Waals surface area contributed by atoms with Crippen molar-refractivity contribution >= 4 is 5.91 Å². The maximum Gasteiger partial charge on any atom is 0.239 e. The topological polar surface area (TPSA) is 79.3 Å². The fourth-order valence-electron chi connectivity index (χ4n) is 1.34. The summed E-state index contributed by atoms with van der Waals surface area (Å²) in [5, 5.41) is 8.64. The number of morpholine rings is 1. The van der Waals surface area contributed by atoms with Crippen LogP contribution in [0.4, 0.5) is 0 Å². The van der Waals surface area contributed by atoms with Crippen LogP contribution in [0.15, 0.2) is 0 Å². The van der Waals surface area contributed by atoms with Gasteiger partial charge in [0.05, 0.1) is 25.3 Å². The van der Waals surface area contributed by atoms with Gasteiger partial charge in [-0.05, 0) is 6.42 Å². The fourth-order valence-corrected chi connectivity index (χ4v) is 1.34. The molecular weight excluding hydrogens is 182 g/mol. The summed E-state index contributed by atoms with van der Waals surface area (Å²) in [4.78, 5) is 13.2. The first-order valence-corrected chi connectivity index (χ1v) is 4.74. The first kappa shape index (κ1) is 11.0. The van der Waals surface area contributed by atoms with Crippen molar-refractivity contribution in [1.82, 2.24) is 4.90 Å². The van der Waals surface area contributed by atoms with E-state index in [9.17, 15) is 4.79 Å². The lowest BCUT2D eigenvalue weighted by molar-refractivity contribution is -0.138.